The average molecular weight is 410 g/mol. The number of halogens is 1. The minimum atomic E-state index is -1.00. The summed E-state index contributed by atoms with van der Waals surface area (Å²) in [7, 11) is 1.33. The Kier molecular flexibility index (Phi) is 6.45. The normalized spacial score (nSPS) is 10.1. The van der Waals surface area contributed by atoms with Gasteiger partial charge in [-0.05, 0) is 24.3 Å². The Morgan fingerprint density at radius 3 is 2.36 bits per heavy atom. The van der Waals surface area contributed by atoms with Crippen LogP contribution in [-0.4, -0.2) is 35.4 Å². The van der Waals surface area contributed by atoms with E-state index >= 15 is 0 Å². The van der Waals surface area contributed by atoms with Crippen LogP contribution in [0, 0.1) is 20.2 Å². The molecule has 1 amide bonds. The van der Waals surface area contributed by atoms with Crippen LogP contribution in [0.4, 0.5) is 17.1 Å². The summed E-state index contributed by atoms with van der Waals surface area (Å²) in [6.45, 7) is -0.765. The Morgan fingerprint density at radius 1 is 1.07 bits per heavy atom. The second-order valence-corrected chi connectivity index (χ2v) is 5.59. The first kappa shape index (κ1) is 20.6. The van der Waals surface area contributed by atoms with Crippen LogP contribution in [0.15, 0.2) is 36.4 Å². The van der Waals surface area contributed by atoms with Gasteiger partial charge in [-0.2, -0.15) is 0 Å². The lowest BCUT2D eigenvalue weighted by molar-refractivity contribution is -0.384. The number of nitro benzene ring substituents is 2. The van der Waals surface area contributed by atoms with E-state index in [0.717, 1.165) is 18.2 Å². The monoisotopic (exact) mass is 409 g/mol. The van der Waals surface area contributed by atoms with Gasteiger partial charge >= 0.3 is 5.97 Å². The molecule has 0 spiro atoms. The molecule has 0 heterocycles. The van der Waals surface area contributed by atoms with Crippen molar-refractivity contribution in [2.24, 2.45) is 0 Å². The highest BCUT2D eigenvalue weighted by atomic mass is 35.5. The number of nitro groups is 2. The summed E-state index contributed by atoms with van der Waals surface area (Å²) in [4.78, 5) is 44.3. The summed E-state index contributed by atoms with van der Waals surface area (Å²) in [6, 6.07) is 7.05. The molecule has 0 aliphatic rings. The lowest BCUT2D eigenvalue weighted by Crippen LogP contribution is -2.21. The molecule has 0 unspecified atom stereocenters. The first-order valence-corrected chi connectivity index (χ1v) is 7.84. The number of hydrogen-bond donors (Lipinski definition) is 1. The number of carbonyl (C=O) groups excluding carboxylic acids is 2. The second-order valence-electron chi connectivity index (χ2n) is 5.19. The van der Waals surface area contributed by atoms with Gasteiger partial charge in [-0.25, -0.2) is 4.79 Å². The van der Waals surface area contributed by atoms with Crippen LogP contribution in [0.5, 0.6) is 5.75 Å². The maximum absolute atomic E-state index is 12.0. The van der Waals surface area contributed by atoms with Crippen molar-refractivity contribution in [3.8, 4) is 5.75 Å². The highest BCUT2D eigenvalue weighted by Gasteiger charge is 2.20. The average Bonchev–Trinajstić information content (AvgIpc) is 2.66. The molecule has 2 aromatic rings. The predicted molar refractivity (Wildman–Crippen MR) is 96.7 cm³/mol. The molecule has 0 bridgehead atoms. The van der Waals surface area contributed by atoms with Crippen LogP contribution < -0.4 is 10.1 Å². The summed E-state index contributed by atoms with van der Waals surface area (Å²) in [5, 5.41) is 24.0. The van der Waals surface area contributed by atoms with Crippen molar-refractivity contribution < 1.29 is 28.9 Å². The van der Waals surface area contributed by atoms with E-state index in [1.54, 1.807) is 0 Å². The number of nitrogens with one attached hydrogen (secondary N) is 1. The molecule has 0 aromatic heterocycles. The van der Waals surface area contributed by atoms with Gasteiger partial charge in [0.2, 0.25) is 0 Å². The molecule has 146 valence electrons. The van der Waals surface area contributed by atoms with Gasteiger partial charge in [-0.15, -0.1) is 0 Å². The number of carbonyl (C=O) groups is 2. The molecule has 28 heavy (non-hydrogen) atoms. The third-order valence-electron chi connectivity index (χ3n) is 3.39. The van der Waals surface area contributed by atoms with E-state index in [-0.39, 0.29) is 22.0 Å². The summed E-state index contributed by atoms with van der Waals surface area (Å²) < 4.78 is 9.65. The fourth-order valence-corrected chi connectivity index (χ4v) is 2.26. The Morgan fingerprint density at radius 2 is 1.75 bits per heavy atom. The summed E-state index contributed by atoms with van der Waals surface area (Å²) in [5.41, 5.74) is -1.20. The third kappa shape index (κ3) is 4.92. The molecular weight excluding hydrogens is 398 g/mol. The number of esters is 1. The summed E-state index contributed by atoms with van der Waals surface area (Å²) >= 11 is 5.65. The van der Waals surface area contributed by atoms with Crippen LogP contribution in [0.3, 0.4) is 0 Å². The minimum absolute atomic E-state index is 0.117. The molecule has 0 saturated carbocycles. The summed E-state index contributed by atoms with van der Waals surface area (Å²) in [6.07, 6.45) is 0. The Bertz CT molecular complexity index is 963. The molecule has 0 radical (unpaired) electrons. The molecule has 2 aromatic carbocycles. The fraction of sp³-hybridized carbons (Fsp3) is 0.125. The van der Waals surface area contributed by atoms with Gasteiger partial charge in [-0.3, -0.25) is 25.0 Å². The van der Waals surface area contributed by atoms with Crippen LogP contribution in [0.25, 0.3) is 0 Å². The maximum atomic E-state index is 12.0. The standard InChI is InChI=1S/C16H12ClN3O8/c1-27-10-3-5-12(14(7-10)20(25)26)18-15(21)8-28-16(22)9-2-4-11(17)13(6-9)19(23)24/h2-7H,8H2,1H3,(H,18,21). The fourth-order valence-electron chi connectivity index (χ4n) is 2.08. The van der Waals surface area contributed by atoms with Gasteiger partial charge in [0.15, 0.2) is 6.61 Å². The number of ether oxygens (including phenoxy) is 2. The Hall–Kier alpha value is -3.73. The number of hydrogen-bond acceptors (Lipinski definition) is 8. The van der Waals surface area contributed by atoms with Gasteiger partial charge in [0.25, 0.3) is 17.3 Å². The van der Waals surface area contributed by atoms with Crippen molar-refractivity contribution in [1.29, 1.82) is 0 Å². The summed E-state index contributed by atoms with van der Waals surface area (Å²) in [5.74, 6) is -1.62. The maximum Gasteiger partial charge on any atom is 0.338 e. The quantitative estimate of drug-likeness (QED) is 0.416. The third-order valence-corrected chi connectivity index (χ3v) is 3.71. The van der Waals surface area contributed by atoms with Crippen molar-refractivity contribution in [2.45, 2.75) is 0 Å². The highest BCUT2D eigenvalue weighted by Crippen LogP contribution is 2.29. The largest absolute Gasteiger partial charge is 0.496 e. The van der Waals surface area contributed by atoms with E-state index in [9.17, 15) is 29.8 Å². The first-order valence-electron chi connectivity index (χ1n) is 7.46. The van der Waals surface area contributed by atoms with Gasteiger partial charge in [0.1, 0.15) is 16.5 Å². The van der Waals surface area contributed by atoms with Crippen molar-refractivity contribution in [1.82, 2.24) is 0 Å². The Balaban J connectivity index is 2.05. The lowest BCUT2D eigenvalue weighted by atomic mass is 10.2. The van der Waals surface area contributed by atoms with E-state index in [4.69, 9.17) is 21.1 Å². The van der Waals surface area contributed by atoms with Crippen LogP contribution in [0.1, 0.15) is 10.4 Å². The molecule has 0 saturated heterocycles. The van der Waals surface area contributed by atoms with Crippen LogP contribution >= 0.6 is 11.6 Å². The van der Waals surface area contributed by atoms with Gasteiger partial charge < -0.3 is 14.8 Å². The number of amides is 1. The second kappa shape index (κ2) is 8.77. The first-order chi connectivity index (χ1) is 13.2. The van der Waals surface area contributed by atoms with E-state index in [0.29, 0.717) is 0 Å². The van der Waals surface area contributed by atoms with Gasteiger partial charge in [0, 0.05) is 6.07 Å². The van der Waals surface area contributed by atoms with Crippen molar-refractivity contribution in [3.63, 3.8) is 0 Å². The molecular formula is C16H12ClN3O8. The number of benzene rings is 2. The lowest BCUT2D eigenvalue weighted by Gasteiger charge is -2.08. The van der Waals surface area contributed by atoms with E-state index in [1.165, 1.54) is 25.3 Å². The molecule has 12 heteroatoms. The topological polar surface area (TPSA) is 151 Å². The number of rotatable bonds is 7. The molecule has 0 fully saturated rings. The van der Waals surface area contributed by atoms with E-state index in [1.807, 2.05) is 0 Å². The van der Waals surface area contributed by atoms with Crippen molar-refractivity contribution in [2.75, 3.05) is 19.0 Å². The smallest absolute Gasteiger partial charge is 0.338 e. The molecule has 2 rings (SSSR count). The highest BCUT2D eigenvalue weighted by molar-refractivity contribution is 6.32. The van der Waals surface area contributed by atoms with E-state index < -0.39 is 39.7 Å². The zero-order valence-corrected chi connectivity index (χ0v) is 15.0. The number of nitrogens with zero attached hydrogens (tertiary/aromatic N) is 2. The zero-order chi connectivity index (χ0) is 20.8. The molecule has 1 N–H and O–H groups in total. The van der Waals surface area contributed by atoms with Gasteiger partial charge in [0.05, 0.1) is 28.6 Å². The predicted octanol–water partition coefficient (Wildman–Crippen LogP) is 2.96. The van der Waals surface area contributed by atoms with Crippen molar-refractivity contribution >= 4 is 40.5 Å². The zero-order valence-electron chi connectivity index (χ0n) is 14.2. The Labute approximate surface area is 162 Å². The molecule has 0 aliphatic carbocycles. The van der Waals surface area contributed by atoms with Crippen molar-refractivity contribution in [3.05, 3.63) is 67.2 Å². The number of methoxy groups -OCH3 is 1. The van der Waals surface area contributed by atoms with Crippen LogP contribution in [-0.2, 0) is 9.53 Å². The number of anilines is 1. The van der Waals surface area contributed by atoms with Crippen LogP contribution in [0.2, 0.25) is 5.02 Å². The molecule has 0 atom stereocenters. The molecule has 11 nitrogen and oxygen atoms in total. The molecule has 0 aliphatic heterocycles. The van der Waals surface area contributed by atoms with E-state index in [2.05, 4.69) is 5.32 Å². The SMILES string of the molecule is COc1ccc(NC(=O)COC(=O)c2ccc(Cl)c([N+](=O)[O-])c2)c([N+](=O)[O-])c1. The van der Waals surface area contributed by atoms with Gasteiger partial charge in [-0.1, -0.05) is 11.6 Å². The minimum Gasteiger partial charge on any atom is -0.496 e.